The standard InChI is InChI=1S/C16H26N8/c1-21-9-11-23(12-10-21)15-13-14(19-16(17)20-15)22(2)6-4-8-24-7-3-5-18-24/h3,5,7,13H,4,6,8-12H2,1-2H3,(H2,17,19,20). The maximum atomic E-state index is 5.94. The molecule has 130 valence electrons. The van der Waals surface area contributed by atoms with Crippen molar-refractivity contribution in [2.24, 2.45) is 0 Å². The zero-order valence-electron chi connectivity index (χ0n) is 14.5. The highest BCUT2D eigenvalue weighted by Gasteiger charge is 2.17. The summed E-state index contributed by atoms with van der Waals surface area (Å²) in [6.07, 6.45) is 4.78. The van der Waals surface area contributed by atoms with E-state index in [1.165, 1.54) is 0 Å². The number of nitrogens with two attached hydrogens (primary N) is 1. The van der Waals surface area contributed by atoms with Gasteiger partial charge in [0.15, 0.2) is 0 Å². The van der Waals surface area contributed by atoms with Crippen molar-refractivity contribution in [1.82, 2.24) is 24.6 Å². The molecule has 8 nitrogen and oxygen atoms in total. The number of anilines is 3. The molecule has 1 fully saturated rings. The first-order valence-corrected chi connectivity index (χ1v) is 8.38. The predicted octanol–water partition coefficient (Wildman–Crippen LogP) is 0.534. The highest BCUT2D eigenvalue weighted by atomic mass is 15.3. The van der Waals surface area contributed by atoms with Crippen LogP contribution in [0.2, 0.25) is 0 Å². The zero-order chi connectivity index (χ0) is 16.9. The van der Waals surface area contributed by atoms with Crippen molar-refractivity contribution in [3.63, 3.8) is 0 Å². The third-order valence-corrected chi connectivity index (χ3v) is 4.37. The molecule has 2 aromatic heterocycles. The quantitative estimate of drug-likeness (QED) is 0.828. The largest absolute Gasteiger partial charge is 0.368 e. The van der Waals surface area contributed by atoms with Crippen LogP contribution in [0, 0.1) is 0 Å². The summed E-state index contributed by atoms with van der Waals surface area (Å²) in [5.74, 6) is 2.13. The lowest BCUT2D eigenvalue weighted by molar-refractivity contribution is 0.312. The van der Waals surface area contributed by atoms with E-state index in [0.717, 1.165) is 57.3 Å². The Balaban J connectivity index is 1.61. The van der Waals surface area contributed by atoms with Gasteiger partial charge in [0.1, 0.15) is 11.6 Å². The van der Waals surface area contributed by atoms with Gasteiger partial charge in [-0.2, -0.15) is 15.1 Å². The van der Waals surface area contributed by atoms with E-state index >= 15 is 0 Å². The van der Waals surface area contributed by atoms with Crippen LogP contribution in [0.1, 0.15) is 6.42 Å². The number of rotatable bonds is 6. The summed E-state index contributed by atoms with van der Waals surface area (Å²) in [7, 11) is 4.18. The van der Waals surface area contributed by atoms with E-state index in [1.807, 2.05) is 30.1 Å². The molecule has 3 rings (SSSR count). The van der Waals surface area contributed by atoms with Crippen molar-refractivity contribution < 1.29 is 0 Å². The lowest BCUT2D eigenvalue weighted by Crippen LogP contribution is -2.45. The maximum Gasteiger partial charge on any atom is 0.223 e. The molecule has 0 bridgehead atoms. The Kier molecular flexibility index (Phi) is 5.14. The molecule has 0 amide bonds. The second-order valence-electron chi connectivity index (χ2n) is 6.28. The summed E-state index contributed by atoms with van der Waals surface area (Å²) in [5.41, 5.74) is 5.94. The lowest BCUT2D eigenvalue weighted by Gasteiger charge is -2.33. The highest BCUT2D eigenvalue weighted by Crippen LogP contribution is 2.20. The fourth-order valence-corrected chi connectivity index (χ4v) is 2.85. The summed E-state index contributed by atoms with van der Waals surface area (Å²) >= 11 is 0. The van der Waals surface area contributed by atoms with Gasteiger partial charge in [0.2, 0.25) is 5.95 Å². The van der Waals surface area contributed by atoms with Gasteiger partial charge in [0.25, 0.3) is 0 Å². The average Bonchev–Trinajstić information content (AvgIpc) is 3.08. The molecule has 8 heteroatoms. The van der Waals surface area contributed by atoms with E-state index in [2.05, 4.69) is 36.8 Å². The second kappa shape index (κ2) is 7.48. The molecule has 24 heavy (non-hydrogen) atoms. The minimum Gasteiger partial charge on any atom is -0.368 e. The topological polar surface area (TPSA) is 79.3 Å². The Morgan fingerprint density at radius 3 is 2.71 bits per heavy atom. The van der Waals surface area contributed by atoms with Crippen LogP contribution in [0.3, 0.4) is 0 Å². The van der Waals surface area contributed by atoms with E-state index in [1.54, 1.807) is 6.20 Å². The maximum absolute atomic E-state index is 5.94. The smallest absolute Gasteiger partial charge is 0.223 e. The van der Waals surface area contributed by atoms with Crippen LogP contribution >= 0.6 is 0 Å². The van der Waals surface area contributed by atoms with E-state index < -0.39 is 0 Å². The molecule has 0 radical (unpaired) electrons. The normalized spacial score (nSPS) is 15.7. The number of aromatic nitrogens is 4. The van der Waals surface area contributed by atoms with Crippen molar-refractivity contribution in [3.05, 3.63) is 24.5 Å². The number of hydrogen-bond donors (Lipinski definition) is 1. The van der Waals surface area contributed by atoms with Crippen LogP contribution in [-0.2, 0) is 6.54 Å². The molecule has 1 saturated heterocycles. The summed E-state index contributed by atoms with van der Waals surface area (Å²) in [5, 5.41) is 4.22. The van der Waals surface area contributed by atoms with Crippen LogP contribution in [0.25, 0.3) is 0 Å². The third-order valence-electron chi connectivity index (χ3n) is 4.37. The Morgan fingerprint density at radius 2 is 2.00 bits per heavy atom. The monoisotopic (exact) mass is 330 g/mol. The first-order chi connectivity index (χ1) is 11.6. The van der Waals surface area contributed by atoms with E-state index in [-0.39, 0.29) is 0 Å². The minimum atomic E-state index is 0.334. The Labute approximate surface area is 142 Å². The third kappa shape index (κ3) is 4.14. The molecule has 0 spiro atoms. The first-order valence-electron chi connectivity index (χ1n) is 8.38. The predicted molar refractivity (Wildman–Crippen MR) is 96.3 cm³/mol. The fraction of sp³-hybridized carbons (Fsp3) is 0.562. The number of aryl methyl sites for hydroxylation is 1. The van der Waals surface area contributed by atoms with Crippen molar-refractivity contribution in [2.75, 3.05) is 62.4 Å². The van der Waals surface area contributed by atoms with Gasteiger partial charge in [0, 0.05) is 64.8 Å². The van der Waals surface area contributed by atoms with Gasteiger partial charge in [-0.1, -0.05) is 0 Å². The number of likely N-dealkylation sites (N-methyl/N-ethyl adjacent to an activating group) is 1. The van der Waals surface area contributed by atoms with Crippen molar-refractivity contribution >= 4 is 17.6 Å². The summed E-state index contributed by atoms with van der Waals surface area (Å²) in [4.78, 5) is 15.5. The molecule has 1 aliphatic heterocycles. The van der Waals surface area contributed by atoms with Gasteiger partial charge in [0.05, 0.1) is 0 Å². The average molecular weight is 330 g/mol. The number of nitrogen functional groups attached to an aromatic ring is 1. The molecule has 3 heterocycles. The molecule has 0 aliphatic carbocycles. The first kappa shape index (κ1) is 16.5. The van der Waals surface area contributed by atoms with E-state index in [4.69, 9.17) is 5.73 Å². The molecule has 2 aromatic rings. The van der Waals surface area contributed by atoms with Gasteiger partial charge in [-0.3, -0.25) is 4.68 Å². The van der Waals surface area contributed by atoms with E-state index in [0.29, 0.717) is 5.95 Å². The molecule has 2 N–H and O–H groups in total. The zero-order valence-corrected chi connectivity index (χ0v) is 14.5. The molecule has 0 atom stereocenters. The molecule has 0 saturated carbocycles. The summed E-state index contributed by atoms with van der Waals surface area (Å²) < 4.78 is 1.94. The number of piperazine rings is 1. The summed E-state index contributed by atoms with van der Waals surface area (Å²) in [6.45, 7) is 5.80. The van der Waals surface area contributed by atoms with Crippen LogP contribution in [0.15, 0.2) is 24.5 Å². The number of hydrogen-bond acceptors (Lipinski definition) is 7. The van der Waals surface area contributed by atoms with Gasteiger partial charge in [-0.25, -0.2) is 0 Å². The minimum absolute atomic E-state index is 0.334. The molecule has 0 aromatic carbocycles. The van der Waals surface area contributed by atoms with Crippen molar-refractivity contribution in [3.8, 4) is 0 Å². The van der Waals surface area contributed by atoms with Crippen LogP contribution < -0.4 is 15.5 Å². The number of nitrogens with zero attached hydrogens (tertiary/aromatic N) is 7. The van der Waals surface area contributed by atoms with Crippen molar-refractivity contribution in [2.45, 2.75) is 13.0 Å². The van der Waals surface area contributed by atoms with Gasteiger partial charge < -0.3 is 20.4 Å². The Hall–Kier alpha value is -2.35. The Morgan fingerprint density at radius 1 is 1.21 bits per heavy atom. The van der Waals surface area contributed by atoms with Crippen LogP contribution in [-0.4, -0.2) is 71.5 Å². The fourth-order valence-electron chi connectivity index (χ4n) is 2.85. The molecule has 1 aliphatic rings. The van der Waals surface area contributed by atoms with Gasteiger partial charge in [-0.05, 0) is 19.5 Å². The molecular weight excluding hydrogens is 304 g/mol. The second-order valence-corrected chi connectivity index (χ2v) is 6.28. The summed E-state index contributed by atoms with van der Waals surface area (Å²) in [6, 6.07) is 3.98. The van der Waals surface area contributed by atoms with Gasteiger partial charge in [-0.15, -0.1) is 0 Å². The SMILES string of the molecule is CN1CCN(c2cc(N(C)CCCn3cccn3)nc(N)n2)CC1. The van der Waals surface area contributed by atoms with Gasteiger partial charge >= 0.3 is 0 Å². The van der Waals surface area contributed by atoms with Crippen LogP contribution in [0.4, 0.5) is 17.6 Å². The van der Waals surface area contributed by atoms with Crippen molar-refractivity contribution in [1.29, 1.82) is 0 Å². The van der Waals surface area contributed by atoms with Crippen LogP contribution in [0.5, 0.6) is 0 Å². The van der Waals surface area contributed by atoms with E-state index in [9.17, 15) is 0 Å². The molecular formula is C16H26N8. The molecule has 0 unspecified atom stereocenters. The lowest BCUT2D eigenvalue weighted by atomic mass is 10.3. The Bertz CT molecular complexity index is 634. The highest BCUT2D eigenvalue weighted by molar-refractivity contribution is 5.54.